The van der Waals surface area contributed by atoms with Crippen LogP contribution in [-0.2, 0) is 9.47 Å². The molecule has 0 unspecified atom stereocenters. The van der Waals surface area contributed by atoms with E-state index in [0.717, 1.165) is 5.56 Å². The third-order valence-corrected chi connectivity index (χ3v) is 2.33. The number of nitrogens with two attached hydrogens (primary N) is 1. The van der Waals surface area contributed by atoms with Crippen molar-refractivity contribution in [3.63, 3.8) is 0 Å². The van der Waals surface area contributed by atoms with Crippen LogP contribution in [0.5, 0.6) is 0 Å². The number of nitrogen functional groups attached to an aromatic ring is 1. The van der Waals surface area contributed by atoms with E-state index in [9.17, 15) is 4.79 Å². The van der Waals surface area contributed by atoms with Crippen molar-refractivity contribution in [1.82, 2.24) is 5.32 Å². The van der Waals surface area contributed by atoms with E-state index in [1.54, 1.807) is 19.2 Å². The van der Waals surface area contributed by atoms with Gasteiger partial charge in [0.25, 0.3) is 5.91 Å². The van der Waals surface area contributed by atoms with Crippen molar-refractivity contribution in [2.24, 2.45) is 0 Å². The second kappa shape index (κ2) is 7.68. The monoisotopic (exact) mass is 252 g/mol. The molecule has 0 saturated heterocycles. The lowest BCUT2D eigenvalue weighted by atomic mass is 10.1. The van der Waals surface area contributed by atoms with E-state index in [1.807, 2.05) is 13.0 Å². The second-order valence-corrected chi connectivity index (χ2v) is 3.99. The van der Waals surface area contributed by atoms with Crippen LogP contribution in [0.4, 0.5) is 5.69 Å². The molecule has 0 aliphatic heterocycles. The van der Waals surface area contributed by atoms with Crippen molar-refractivity contribution in [3.05, 3.63) is 29.3 Å². The summed E-state index contributed by atoms with van der Waals surface area (Å²) in [5, 5.41) is 2.77. The highest BCUT2D eigenvalue weighted by Gasteiger charge is 2.05. The van der Waals surface area contributed by atoms with Crippen LogP contribution < -0.4 is 11.1 Å². The molecule has 3 N–H and O–H groups in total. The molecule has 0 aromatic heterocycles. The Bertz CT molecular complexity index is 374. The van der Waals surface area contributed by atoms with Crippen LogP contribution >= 0.6 is 0 Å². The van der Waals surface area contributed by atoms with E-state index in [0.29, 0.717) is 37.6 Å². The first-order valence-corrected chi connectivity index (χ1v) is 5.85. The molecule has 0 bridgehead atoms. The molecule has 5 nitrogen and oxygen atoms in total. The molecule has 100 valence electrons. The summed E-state index contributed by atoms with van der Waals surface area (Å²) >= 11 is 0. The fraction of sp³-hybridized carbons (Fsp3) is 0.462. The first-order chi connectivity index (χ1) is 8.63. The number of methoxy groups -OCH3 is 1. The highest BCUT2D eigenvalue weighted by molar-refractivity contribution is 5.95. The maximum atomic E-state index is 11.8. The van der Waals surface area contributed by atoms with E-state index < -0.39 is 0 Å². The third-order valence-electron chi connectivity index (χ3n) is 2.33. The summed E-state index contributed by atoms with van der Waals surface area (Å²) in [7, 11) is 1.62. The van der Waals surface area contributed by atoms with Gasteiger partial charge in [-0.3, -0.25) is 4.79 Å². The van der Waals surface area contributed by atoms with Crippen LogP contribution in [0.3, 0.4) is 0 Å². The number of anilines is 1. The molecule has 0 radical (unpaired) electrons. The van der Waals surface area contributed by atoms with Gasteiger partial charge >= 0.3 is 0 Å². The van der Waals surface area contributed by atoms with Gasteiger partial charge in [-0.1, -0.05) is 0 Å². The zero-order chi connectivity index (χ0) is 13.4. The smallest absolute Gasteiger partial charge is 0.251 e. The molecule has 0 heterocycles. The van der Waals surface area contributed by atoms with Crippen LogP contribution in [0.2, 0.25) is 0 Å². The quantitative estimate of drug-likeness (QED) is 0.560. The standard InChI is InChI=1S/C13H20N2O3/c1-10-7-11(9-12(14)8-10)13(16)15-3-4-18-6-5-17-2/h7-9H,3-6,14H2,1-2H3,(H,15,16). The molecule has 1 rings (SSSR count). The Morgan fingerprint density at radius 1 is 1.28 bits per heavy atom. The van der Waals surface area contributed by atoms with Gasteiger partial charge < -0.3 is 20.5 Å². The topological polar surface area (TPSA) is 73.6 Å². The van der Waals surface area contributed by atoms with Crippen molar-refractivity contribution in [2.75, 3.05) is 39.2 Å². The SMILES string of the molecule is COCCOCCNC(=O)c1cc(C)cc(N)c1. The number of aryl methyl sites for hydroxylation is 1. The molecule has 1 aromatic carbocycles. The van der Waals surface area contributed by atoms with Crippen molar-refractivity contribution < 1.29 is 14.3 Å². The van der Waals surface area contributed by atoms with Crippen LogP contribution in [0.25, 0.3) is 0 Å². The van der Waals surface area contributed by atoms with Crippen molar-refractivity contribution in [1.29, 1.82) is 0 Å². The summed E-state index contributed by atoms with van der Waals surface area (Å²) in [4.78, 5) is 11.8. The van der Waals surface area contributed by atoms with E-state index in [1.165, 1.54) is 0 Å². The number of ether oxygens (including phenoxy) is 2. The van der Waals surface area contributed by atoms with Gasteiger partial charge in [-0.15, -0.1) is 0 Å². The lowest BCUT2D eigenvalue weighted by molar-refractivity contribution is 0.0692. The summed E-state index contributed by atoms with van der Waals surface area (Å²) in [6, 6.07) is 5.29. The molecule has 0 spiro atoms. The van der Waals surface area contributed by atoms with Crippen molar-refractivity contribution in [2.45, 2.75) is 6.92 Å². The number of amides is 1. The minimum absolute atomic E-state index is 0.138. The average Bonchev–Trinajstić information content (AvgIpc) is 2.32. The van der Waals surface area contributed by atoms with Gasteiger partial charge in [0.15, 0.2) is 0 Å². The van der Waals surface area contributed by atoms with Gasteiger partial charge in [0.1, 0.15) is 0 Å². The molecule has 0 saturated carbocycles. The highest BCUT2D eigenvalue weighted by atomic mass is 16.5. The molecular weight excluding hydrogens is 232 g/mol. The first kappa shape index (κ1) is 14.5. The Morgan fingerprint density at radius 3 is 2.72 bits per heavy atom. The Hall–Kier alpha value is -1.59. The van der Waals surface area contributed by atoms with Crippen LogP contribution in [0.15, 0.2) is 18.2 Å². The number of carbonyl (C=O) groups is 1. The fourth-order valence-electron chi connectivity index (χ4n) is 1.53. The third kappa shape index (κ3) is 5.16. The van der Waals surface area contributed by atoms with E-state index in [2.05, 4.69) is 5.32 Å². The Morgan fingerprint density at radius 2 is 2.06 bits per heavy atom. The number of hydrogen-bond donors (Lipinski definition) is 2. The predicted molar refractivity (Wildman–Crippen MR) is 70.6 cm³/mol. The maximum Gasteiger partial charge on any atom is 0.251 e. The predicted octanol–water partition coefficient (Wildman–Crippen LogP) is 0.970. The fourth-order valence-corrected chi connectivity index (χ4v) is 1.53. The number of carbonyl (C=O) groups excluding carboxylic acids is 1. The van der Waals surface area contributed by atoms with Gasteiger partial charge in [0.05, 0.1) is 19.8 Å². The minimum Gasteiger partial charge on any atom is -0.399 e. The maximum absolute atomic E-state index is 11.8. The minimum atomic E-state index is -0.138. The van der Waals surface area contributed by atoms with Crippen LogP contribution in [0, 0.1) is 6.92 Å². The number of benzene rings is 1. The average molecular weight is 252 g/mol. The van der Waals surface area contributed by atoms with Crippen molar-refractivity contribution in [3.8, 4) is 0 Å². The number of hydrogen-bond acceptors (Lipinski definition) is 4. The molecule has 0 atom stereocenters. The van der Waals surface area contributed by atoms with Crippen LogP contribution in [0.1, 0.15) is 15.9 Å². The Kier molecular flexibility index (Phi) is 6.18. The lowest BCUT2D eigenvalue weighted by Crippen LogP contribution is -2.27. The zero-order valence-electron chi connectivity index (χ0n) is 10.9. The van der Waals surface area contributed by atoms with Gasteiger partial charge in [0, 0.05) is 24.9 Å². The Balaban J connectivity index is 2.32. The molecule has 1 aromatic rings. The summed E-state index contributed by atoms with van der Waals surface area (Å²) in [5.74, 6) is -0.138. The number of nitrogens with one attached hydrogen (secondary N) is 1. The molecular formula is C13H20N2O3. The summed E-state index contributed by atoms with van der Waals surface area (Å²) in [5.41, 5.74) is 7.82. The summed E-state index contributed by atoms with van der Waals surface area (Å²) in [6.07, 6.45) is 0. The normalized spacial score (nSPS) is 10.3. The summed E-state index contributed by atoms with van der Waals surface area (Å²) < 4.78 is 10.1. The van der Waals surface area contributed by atoms with Gasteiger partial charge in [-0.25, -0.2) is 0 Å². The molecule has 5 heteroatoms. The zero-order valence-corrected chi connectivity index (χ0v) is 10.9. The molecule has 18 heavy (non-hydrogen) atoms. The van der Waals surface area contributed by atoms with E-state index in [4.69, 9.17) is 15.2 Å². The second-order valence-electron chi connectivity index (χ2n) is 3.99. The molecule has 0 aliphatic carbocycles. The molecule has 0 aliphatic rings. The van der Waals surface area contributed by atoms with E-state index >= 15 is 0 Å². The highest BCUT2D eigenvalue weighted by Crippen LogP contribution is 2.10. The first-order valence-electron chi connectivity index (χ1n) is 5.85. The molecule has 1 amide bonds. The van der Waals surface area contributed by atoms with Gasteiger partial charge in [-0.05, 0) is 30.7 Å². The van der Waals surface area contributed by atoms with Gasteiger partial charge in [0.2, 0.25) is 0 Å². The number of rotatable bonds is 7. The lowest BCUT2D eigenvalue weighted by Gasteiger charge is -2.07. The Labute approximate surface area is 107 Å². The van der Waals surface area contributed by atoms with Crippen molar-refractivity contribution >= 4 is 11.6 Å². The van der Waals surface area contributed by atoms with Crippen LogP contribution in [-0.4, -0.2) is 39.4 Å². The van der Waals surface area contributed by atoms with Gasteiger partial charge in [-0.2, -0.15) is 0 Å². The molecule has 0 fully saturated rings. The summed E-state index contributed by atoms with van der Waals surface area (Å²) in [6.45, 7) is 3.93. The van der Waals surface area contributed by atoms with E-state index in [-0.39, 0.29) is 5.91 Å². The largest absolute Gasteiger partial charge is 0.399 e.